The van der Waals surface area contributed by atoms with Gasteiger partial charge in [-0.05, 0) is 29.0 Å². The molecule has 24 heavy (non-hydrogen) atoms. The number of carbonyl (C=O) groups excluding carboxylic acids is 1. The molecule has 1 fully saturated rings. The van der Waals surface area contributed by atoms with Crippen molar-refractivity contribution < 1.29 is 4.79 Å². The number of hydrogen-bond donors (Lipinski definition) is 0. The first kappa shape index (κ1) is 14.6. The molecule has 0 N–H and O–H groups in total. The Bertz CT molecular complexity index is 852. The summed E-state index contributed by atoms with van der Waals surface area (Å²) >= 11 is 0. The maximum absolute atomic E-state index is 12.9. The molecular weight excluding hydrogens is 300 g/mol. The van der Waals surface area contributed by atoms with Crippen LogP contribution in [0.15, 0.2) is 60.8 Å². The van der Waals surface area contributed by atoms with Gasteiger partial charge in [0, 0.05) is 37.9 Å². The molecule has 3 aromatic rings. The van der Waals surface area contributed by atoms with Crippen LogP contribution in [0.5, 0.6) is 0 Å². The molecule has 1 saturated heterocycles. The fourth-order valence-electron chi connectivity index (χ4n) is 3.18. The molecule has 1 amide bonds. The fraction of sp³-hybridized carbons (Fsp3) is 0.211. The second kappa shape index (κ2) is 6.28. The van der Waals surface area contributed by atoms with Crippen molar-refractivity contribution in [2.24, 2.45) is 0 Å². The van der Waals surface area contributed by atoms with Gasteiger partial charge in [0.15, 0.2) is 5.82 Å². The molecule has 4 rings (SSSR count). The van der Waals surface area contributed by atoms with Gasteiger partial charge in [0.25, 0.3) is 5.91 Å². The molecule has 5 heteroatoms. The highest BCUT2D eigenvalue weighted by Gasteiger charge is 2.23. The maximum atomic E-state index is 12.9. The Balaban J connectivity index is 1.52. The van der Waals surface area contributed by atoms with E-state index < -0.39 is 0 Å². The van der Waals surface area contributed by atoms with Crippen molar-refractivity contribution >= 4 is 22.5 Å². The topological polar surface area (TPSA) is 49.3 Å². The van der Waals surface area contributed by atoms with Crippen LogP contribution in [0.2, 0.25) is 0 Å². The molecule has 1 aliphatic heterocycles. The number of fused-ring (bicyclic) bond motifs is 1. The summed E-state index contributed by atoms with van der Waals surface area (Å²) in [6.45, 7) is 2.93. The van der Waals surface area contributed by atoms with E-state index in [2.05, 4.69) is 15.1 Å². The predicted molar refractivity (Wildman–Crippen MR) is 94.1 cm³/mol. The molecule has 0 saturated carbocycles. The number of rotatable bonds is 2. The largest absolute Gasteiger partial charge is 0.352 e. The van der Waals surface area contributed by atoms with Gasteiger partial charge >= 0.3 is 0 Å². The summed E-state index contributed by atoms with van der Waals surface area (Å²) in [6, 6.07) is 17.8. The van der Waals surface area contributed by atoms with E-state index >= 15 is 0 Å². The van der Waals surface area contributed by atoms with E-state index in [9.17, 15) is 4.79 Å². The summed E-state index contributed by atoms with van der Waals surface area (Å²) in [5, 5.41) is 10.2. The number of piperazine rings is 1. The second-order valence-electron chi connectivity index (χ2n) is 5.89. The fourth-order valence-corrected chi connectivity index (χ4v) is 3.18. The van der Waals surface area contributed by atoms with E-state index in [1.54, 1.807) is 6.20 Å². The minimum absolute atomic E-state index is 0.102. The lowest BCUT2D eigenvalue weighted by atomic mass is 10.0. The molecule has 0 aliphatic carbocycles. The SMILES string of the molecule is O=C(c1cccc2ccccc12)N1CCN(c2cccnn2)CC1. The zero-order valence-electron chi connectivity index (χ0n) is 13.3. The molecule has 1 aromatic heterocycles. The van der Waals surface area contributed by atoms with Crippen LogP contribution in [0.25, 0.3) is 10.8 Å². The molecule has 5 nitrogen and oxygen atoms in total. The van der Waals surface area contributed by atoms with Crippen molar-refractivity contribution in [2.75, 3.05) is 31.1 Å². The summed E-state index contributed by atoms with van der Waals surface area (Å²) < 4.78 is 0. The highest BCUT2D eigenvalue weighted by atomic mass is 16.2. The van der Waals surface area contributed by atoms with Gasteiger partial charge in [-0.2, -0.15) is 5.10 Å². The van der Waals surface area contributed by atoms with E-state index in [-0.39, 0.29) is 5.91 Å². The number of anilines is 1. The Morgan fingerprint density at radius 3 is 2.46 bits per heavy atom. The van der Waals surface area contributed by atoms with Crippen molar-refractivity contribution in [3.8, 4) is 0 Å². The second-order valence-corrected chi connectivity index (χ2v) is 5.89. The van der Waals surface area contributed by atoms with Gasteiger partial charge in [-0.15, -0.1) is 5.10 Å². The van der Waals surface area contributed by atoms with E-state index in [1.807, 2.05) is 59.5 Å². The standard InChI is InChI=1S/C19H18N4O/c24-19(17-8-3-6-15-5-1-2-7-16(15)17)23-13-11-22(12-14-23)18-9-4-10-20-21-18/h1-10H,11-14H2. The van der Waals surface area contributed by atoms with Gasteiger partial charge in [0.2, 0.25) is 0 Å². The normalized spacial score (nSPS) is 14.8. The molecule has 0 spiro atoms. The predicted octanol–water partition coefficient (Wildman–Crippen LogP) is 2.59. The van der Waals surface area contributed by atoms with Crippen molar-refractivity contribution in [1.29, 1.82) is 0 Å². The lowest BCUT2D eigenvalue weighted by molar-refractivity contribution is 0.0748. The van der Waals surface area contributed by atoms with E-state index in [1.165, 1.54) is 0 Å². The highest BCUT2D eigenvalue weighted by Crippen LogP contribution is 2.21. The van der Waals surface area contributed by atoms with E-state index in [0.717, 1.165) is 35.2 Å². The molecule has 2 heterocycles. The average molecular weight is 318 g/mol. The van der Waals surface area contributed by atoms with Gasteiger partial charge < -0.3 is 9.80 Å². The van der Waals surface area contributed by atoms with Crippen LogP contribution >= 0.6 is 0 Å². The molecule has 0 atom stereocenters. The summed E-state index contributed by atoms with van der Waals surface area (Å²) in [5.41, 5.74) is 0.779. The van der Waals surface area contributed by atoms with Crippen molar-refractivity contribution in [1.82, 2.24) is 15.1 Å². The Morgan fingerprint density at radius 2 is 1.67 bits per heavy atom. The number of hydrogen-bond acceptors (Lipinski definition) is 4. The van der Waals surface area contributed by atoms with Crippen molar-refractivity contribution in [2.45, 2.75) is 0 Å². The Hall–Kier alpha value is -2.95. The number of nitrogens with zero attached hydrogens (tertiary/aromatic N) is 4. The zero-order chi connectivity index (χ0) is 16.4. The van der Waals surface area contributed by atoms with Crippen molar-refractivity contribution in [3.05, 3.63) is 66.4 Å². The van der Waals surface area contributed by atoms with Gasteiger partial charge in [-0.25, -0.2) is 0 Å². The number of aromatic nitrogens is 2. The minimum Gasteiger partial charge on any atom is -0.352 e. The van der Waals surface area contributed by atoms with Crippen LogP contribution in [0.1, 0.15) is 10.4 Å². The Labute approximate surface area is 140 Å². The summed E-state index contributed by atoms with van der Waals surface area (Å²) in [7, 11) is 0. The van der Waals surface area contributed by atoms with Gasteiger partial charge in [-0.3, -0.25) is 4.79 Å². The summed E-state index contributed by atoms with van der Waals surface area (Å²) in [4.78, 5) is 17.0. The number of amides is 1. The molecule has 120 valence electrons. The summed E-state index contributed by atoms with van der Waals surface area (Å²) in [5.74, 6) is 0.973. The smallest absolute Gasteiger partial charge is 0.254 e. The molecule has 1 aliphatic rings. The molecule has 2 aromatic carbocycles. The molecule has 0 unspecified atom stereocenters. The van der Waals surface area contributed by atoms with Gasteiger partial charge in [0.1, 0.15) is 0 Å². The summed E-state index contributed by atoms with van der Waals surface area (Å²) in [6.07, 6.45) is 1.67. The third-order valence-corrected chi connectivity index (χ3v) is 4.47. The maximum Gasteiger partial charge on any atom is 0.254 e. The number of carbonyl (C=O) groups is 1. The lowest BCUT2D eigenvalue weighted by Crippen LogP contribution is -2.49. The van der Waals surface area contributed by atoms with Gasteiger partial charge in [0.05, 0.1) is 0 Å². The van der Waals surface area contributed by atoms with E-state index in [0.29, 0.717) is 13.1 Å². The monoisotopic (exact) mass is 318 g/mol. The minimum atomic E-state index is 0.102. The van der Waals surface area contributed by atoms with Crippen LogP contribution in [-0.4, -0.2) is 47.2 Å². The third-order valence-electron chi connectivity index (χ3n) is 4.47. The number of benzene rings is 2. The molecule has 0 bridgehead atoms. The van der Waals surface area contributed by atoms with E-state index in [4.69, 9.17) is 0 Å². The van der Waals surface area contributed by atoms with Crippen LogP contribution in [-0.2, 0) is 0 Å². The highest BCUT2D eigenvalue weighted by molar-refractivity contribution is 6.07. The first-order valence-electron chi connectivity index (χ1n) is 8.12. The van der Waals surface area contributed by atoms with Crippen LogP contribution < -0.4 is 4.90 Å². The first-order chi connectivity index (χ1) is 11.8. The Kier molecular flexibility index (Phi) is 3.83. The quantitative estimate of drug-likeness (QED) is 0.729. The van der Waals surface area contributed by atoms with Crippen LogP contribution in [0.4, 0.5) is 5.82 Å². The average Bonchev–Trinajstić information content (AvgIpc) is 2.68. The van der Waals surface area contributed by atoms with Gasteiger partial charge in [-0.1, -0.05) is 36.4 Å². The first-order valence-corrected chi connectivity index (χ1v) is 8.12. The van der Waals surface area contributed by atoms with Crippen LogP contribution in [0, 0.1) is 0 Å². The molecule has 0 radical (unpaired) electrons. The third kappa shape index (κ3) is 2.69. The zero-order valence-corrected chi connectivity index (χ0v) is 13.3. The lowest BCUT2D eigenvalue weighted by Gasteiger charge is -2.35. The molecular formula is C19H18N4O. The Morgan fingerprint density at radius 1 is 0.875 bits per heavy atom. The van der Waals surface area contributed by atoms with Crippen molar-refractivity contribution in [3.63, 3.8) is 0 Å². The van der Waals surface area contributed by atoms with Crippen LogP contribution in [0.3, 0.4) is 0 Å².